The summed E-state index contributed by atoms with van der Waals surface area (Å²) in [6.07, 6.45) is 6.12. The summed E-state index contributed by atoms with van der Waals surface area (Å²) in [5.74, 6) is 0. The maximum absolute atomic E-state index is 4.87. The van der Waals surface area contributed by atoms with E-state index in [1.54, 1.807) is 6.20 Å². The molecule has 114 valence electrons. The Morgan fingerprint density at radius 3 is 2.91 bits per heavy atom. The third kappa shape index (κ3) is 2.71. The fraction of sp³-hybridized carbons (Fsp3) is 0.278. The van der Waals surface area contributed by atoms with Crippen LogP contribution in [0.15, 0.2) is 58.2 Å². The quantitative estimate of drug-likeness (QED) is 0.856. The number of thioether (sulfide) groups is 1. The van der Waals surface area contributed by atoms with E-state index >= 15 is 0 Å². The van der Waals surface area contributed by atoms with Gasteiger partial charge in [0.2, 0.25) is 0 Å². The van der Waals surface area contributed by atoms with Crippen molar-refractivity contribution in [3.63, 3.8) is 0 Å². The zero-order valence-electron chi connectivity index (χ0n) is 13.2. The average Bonchev–Trinajstić information content (AvgIpc) is 2.48. The van der Waals surface area contributed by atoms with Crippen LogP contribution in [0.4, 0.5) is 11.4 Å². The van der Waals surface area contributed by atoms with Gasteiger partial charge in [0.05, 0.1) is 16.6 Å². The van der Waals surface area contributed by atoms with Crippen LogP contribution in [0.3, 0.4) is 0 Å². The van der Waals surface area contributed by atoms with Gasteiger partial charge < -0.3 is 10.6 Å². The van der Waals surface area contributed by atoms with Crippen molar-refractivity contribution in [3.05, 3.63) is 53.9 Å². The van der Waals surface area contributed by atoms with Crippen molar-refractivity contribution in [2.75, 3.05) is 11.9 Å². The van der Waals surface area contributed by atoms with Crippen molar-refractivity contribution in [2.24, 2.45) is 4.99 Å². The number of allylic oxidation sites excluding steroid dienone is 2. The highest BCUT2D eigenvalue weighted by Crippen LogP contribution is 2.43. The third-order valence-corrected chi connectivity index (χ3v) is 5.05. The summed E-state index contributed by atoms with van der Waals surface area (Å²) >= 11 is 1.86. The largest absolute Gasteiger partial charge is 0.385 e. The Hall–Kier alpha value is -1.94. The second-order valence-electron chi connectivity index (χ2n) is 5.50. The molecule has 3 rings (SSSR count). The average molecular weight is 311 g/mol. The summed E-state index contributed by atoms with van der Waals surface area (Å²) in [4.78, 5) is 6.10. The lowest BCUT2D eigenvalue weighted by molar-refractivity contribution is 1.04. The molecule has 22 heavy (non-hydrogen) atoms. The number of aliphatic imine (C=N–C) groups is 1. The fourth-order valence-corrected chi connectivity index (χ4v) is 3.85. The van der Waals surface area contributed by atoms with Crippen LogP contribution in [0.25, 0.3) is 0 Å². The summed E-state index contributed by atoms with van der Waals surface area (Å²) in [5, 5.41) is 6.89. The molecule has 4 heteroatoms. The molecular formula is C18H21N3S. The Morgan fingerprint density at radius 2 is 2.18 bits per heavy atom. The molecule has 0 radical (unpaired) electrons. The number of aryl methyl sites for hydroxylation is 1. The lowest BCUT2D eigenvalue weighted by Gasteiger charge is -2.26. The normalized spacial score (nSPS) is 19.2. The first-order valence-electron chi connectivity index (χ1n) is 7.54. The van der Waals surface area contributed by atoms with E-state index in [4.69, 9.17) is 4.99 Å². The molecule has 3 nitrogen and oxygen atoms in total. The topological polar surface area (TPSA) is 36.4 Å². The number of nitrogens with zero attached hydrogens (tertiary/aromatic N) is 1. The van der Waals surface area contributed by atoms with Crippen molar-refractivity contribution >= 4 is 28.8 Å². The van der Waals surface area contributed by atoms with Gasteiger partial charge in [-0.25, -0.2) is 0 Å². The van der Waals surface area contributed by atoms with Gasteiger partial charge in [0.15, 0.2) is 0 Å². The van der Waals surface area contributed by atoms with Gasteiger partial charge in [-0.1, -0.05) is 6.58 Å². The molecule has 1 aromatic rings. The van der Waals surface area contributed by atoms with Gasteiger partial charge in [-0.2, -0.15) is 0 Å². The molecular weight excluding hydrogens is 290 g/mol. The maximum atomic E-state index is 4.87. The number of fused-ring (bicyclic) bond motifs is 2. The Labute approximate surface area is 136 Å². The van der Waals surface area contributed by atoms with E-state index in [2.05, 4.69) is 62.3 Å². The van der Waals surface area contributed by atoms with E-state index in [-0.39, 0.29) is 5.25 Å². The molecule has 0 spiro atoms. The standard InChI is InChI=1S/C18H21N3S/c1-5-19-13-9-17-15(7-11(13)3)21-16-8-12(4)14(20-6-2)10-18(16)22-17/h5,7-10,17,19-20H,1,6H2,2-4H3. The van der Waals surface area contributed by atoms with E-state index in [9.17, 15) is 0 Å². The molecule has 2 N–H and O–H groups in total. The first-order valence-corrected chi connectivity index (χ1v) is 8.42. The van der Waals surface area contributed by atoms with E-state index < -0.39 is 0 Å². The predicted octanol–water partition coefficient (Wildman–Crippen LogP) is 4.55. The first-order chi connectivity index (χ1) is 10.6. The van der Waals surface area contributed by atoms with E-state index in [1.165, 1.54) is 21.7 Å². The van der Waals surface area contributed by atoms with Crippen molar-refractivity contribution in [1.29, 1.82) is 0 Å². The van der Waals surface area contributed by atoms with Crippen LogP contribution in [-0.4, -0.2) is 17.5 Å². The zero-order valence-corrected chi connectivity index (χ0v) is 14.1. The number of hydrogen-bond acceptors (Lipinski definition) is 4. The van der Waals surface area contributed by atoms with Gasteiger partial charge in [0.1, 0.15) is 0 Å². The molecule has 1 aliphatic heterocycles. The number of rotatable bonds is 4. The highest BCUT2D eigenvalue weighted by Gasteiger charge is 2.25. The van der Waals surface area contributed by atoms with E-state index in [0.29, 0.717) is 0 Å². The maximum Gasteiger partial charge on any atom is 0.0773 e. The molecule has 0 aromatic heterocycles. The number of anilines is 1. The molecule has 1 aliphatic carbocycles. The minimum absolute atomic E-state index is 0.260. The first kappa shape index (κ1) is 15.0. The van der Waals surface area contributed by atoms with Gasteiger partial charge >= 0.3 is 0 Å². The summed E-state index contributed by atoms with van der Waals surface area (Å²) in [6.45, 7) is 11.0. The van der Waals surface area contributed by atoms with Crippen LogP contribution >= 0.6 is 11.8 Å². The second-order valence-corrected chi connectivity index (χ2v) is 6.68. The van der Waals surface area contributed by atoms with E-state index in [1.807, 2.05) is 11.8 Å². The van der Waals surface area contributed by atoms with Crippen molar-refractivity contribution in [1.82, 2.24) is 5.32 Å². The SMILES string of the molecule is C=CNC1=CC2Sc3cc(NCC)c(C)cc3N=C2C=C1C. The Bertz CT molecular complexity index is 713. The van der Waals surface area contributed by atoms with Crippen LogP contribution in [-0.2, 0) is 0 Å². The summed E-state index contributed by atoms with van der Waals surface area (Å²) in [6, 6.07) is 4.40. The monoisotopic (exact) mass is 311 g/mol. The Kier molecular flexibility index (Phi) is 4.12. The summed E-state index contributed by atoms with van der Waals surface area (Å²) in [7, 11) is 0. The zero-order chi connectivity index (χ0) is 15.7. The van der Waals surface area contributed by atoms with Gasteiger partial charge in [0, 0.05) is 22.8 Å². The molecule has 1 unspecified atom stereocenters. The second kappa shape index (κ2) is 6.05. The molecule has 0 bridgehead atoms. The van der Waals surface area contributed by atoms with Crippen molar-refractivity contribution in [2.45, 2.75) is 30.9 Å². The molecule has 0 saturated heterocycles. The highest BCUT2D eigenvalue weighted by atomic mass is 32.2. The number of benzene rings is 1. The lowest BCUT2D eigenvalue weighted by Crippen LogP contribution is -2.23. The van der Waals surface area contributed by atoms with Crippen LogP contribution in [0.5, 0.6) is 0 Å². The van der Waals surface area contributed by atoms with Crippen LogP contribution < -0.4 is 10.6 Å². The Morgan fingerprint density at radius 1 is 1.36 bits per heavy atom. The molecule has 0 saturated carbocycles. The minimum Gasteiger partial charge on any atom is -0.385 e. The summed E-state index contributed by atoms with van der Waals surface area (Å²) in [5.41, 5.74) is 6.95. The fourth-order valence-electron chi connectivity index (χ4n) is 2.72. The highest BCUT2D eigenvalue weighted by molar-refractivity contribution is 8.01. The molecule has 0 fully saturated rings. The minimum atomic E-state index is 0.260. The molecule has 0 amide bonds. The number of hydrogen-bond donors (Lipinski definition) is 2. The van der Waals surface area contributed by atoms with Gasteiger partial charge in [-0.3, -0.25) is 4.99 Å². The van der Waals surface area contributed by atoms with Crippen LogP contribution in [0, 0.1) is 6.92 Å². The third-order valence-electron chi connectivity index (χ3n) is 3.83. The van der Waals surface area contributed by atoms with Crippen LogP contribution in [0.2, 0.25) is 0 Å². The predicted molar refractivity (Wildman–Crippen MR) is 97.3 cm³/mol. The van der Waals surface area contributed by atoms with Crippen molar-refractivity contribution < 1.29 is 0 Å². The van der Waals surface area contributed by atoms with E-state index in [0.717, 1.165) is 23.6 Å². The molecule has 1 aromatic carbocycles. The number of nitrogens with one attached hydrogen (secondary N) is 2. The van der Waals surface area contributed by atoms with Crippen LogP contribution in [0.1, 0.15) is 19.4 Å². The van der Waals surface area contributed by atoms with Gasteiger partial charge in [-0.05, 0) is 62.4 Å². The van der Waals surface area contributed by atoms with Gasteiger partial charge in [0.25, 0.3) is 0 Å². The molecule has 1 atom stereocenters. The summed E-state index contributed by atoms with van der Waals surface area (Å²) < 4.78 is 0. The Balaban J connectivity index is 2.00. The van der Waals surface area contributed by atoms with Gasteiger partial charge in [-0.15, -0.1) is 11.8 Å². The van der Waals surface area contributed by atoms with Crippen molar-refractivity contribution in [3.8, 4) is 0 Å². The lowest BCUT2D eigenvalue weighted by atomic mass is 10.0. The smallest absolute Gasteiger partial charge is 0.0773 e. The molecule has 1 heterocycles. The molecule has 2 aliphatic rings.